The first-order valence-electron chi connectivity index (χ1n) is 14.6. The first-order chi connectivity index (χ1) is 20.9. The highest BCUT2D eigenvalue weighted by molar-refractivity contribution is 5.99. The Morgan fingerprint density at radius 1 is 1.12 bits per heavy atom. The maximum atomic E-state index is 14.8. The van der Waals surface area contributed by atoms with Crippen molar-refractivity contribution < 1.29 is 24.2 Å². The number of likely N-dealkylation sites (N-methyl/N-ethyl adjacent to an activating group) is 1. The lowest BCUT2D eigenvalue weighted by Gasteiger charge is -2.39. The molecule has 2 aromatic carbocycles. The van der Waals surface area contributed by atoms with Crippen LogP contribution in [-0.2, 0) is 25.8 Å². The summed E-state index contributed by atoms with van der Waals surface area (Å²) in [6.07, 6.45) is 3.76. The third kappa shape index (κ3) is 4.54. The number of hydrogen-bond acceptors (Lipinski definition) is 7. The molecule has 1 N–H and O–H groups in total. The Morgan fingerprint density at radius 3 is 2.56 bits per heavy atom. The van der Waals surface area contributed by atoms with Gasteiger partial charge in [0.2, 0.25) is 17.7 Å². The minimum absolute atomic E-state index is 0.0631. The van der Waals surface area contributed by atoms with Crippen LogP contribution in [0.25, 0.3) is 11.0 Å². The van der Waals surface area contributed by atoms with E-state index in [1.54, 1.807) is 33.7 Å². The lowest BCUT2D eigenvalue weighted by atomic mass is 9.70. The number of nitrogens with zero attached hydrogens (tertiary/aromatic N) is 6. The molecule has 1 spiro atoms. The van der Waals surface area contributed by atoms with Gasteiger partial charge >= 0.3 is 0 Å². The van der Waals surface area contributed by atoms with Crippen molar-refractivity contribution in [3.8, 4) is 0 Å². The quantitative estimate of drug-likeness (QED) is 0.343. The molecule has 2 bridgehead atoms. The van der Waals surface area contributed by atoms with Gasteiger partial charge in [-0.05, 0) is 30.5 Å². The Labute approximate surface area is 250 Å². The highest BCUT2D eigenvalue weighted by Crippen LogP contribution is 2.60. The van der Waals surface area contributed by atoms with Crippen LogP contribution in [0.3, 0.4) is 0 Å². The van der Waals surface area contributed by atoms with Crippen LogP contribution in [0.4, 0.5) is 0 Å². The van der Waals surface area contributed by atoms with Crippen molar-refractivity contribution in [1.29, 1.82) is 0 Å². The van der Waals surface area contributed by atoms with Crippen molar-refractivity contribution in [1.82, 2.24) is 29.7 Å². The molecule has 4 heterocycles. The maximum absolute atomic E-state index is 14.8. The number of amides is 3. The number of rotatable bonds is 11. The zero-order valence-electron chi connectivity index (χ0n) is 24.2. The summed E-state index contributed by atoms with van der Waals surface area (Å²) in [4.78, 5) is 47.7. The van der Waals surface area contributed by atoms with E-state index in [1.807, 2.05) is 54.6 Å². The number of benzene rings is 2. The van der Waals surface area contributed by atoms with Crippen molar-refractivity contribution in [2.24, 2.45) is 11.8 Å². The molecule has 3 fully saturated rings. The van der Waals surface area contributed by atoms with Gasteiger partial charge in [-0.3, -0.25) is 14.4 Å². The minimum atomic E-state index is -1.22. The second kappa shape index (κ2) is 11.4. The molecular formula is C32H36N6O5. The molecule has 1 aromatic heterocycles. The Hall–Kier alpha value is -4.35. The number of ether oxygens (including phenoxy) is 1. The number of aliphatic hydroxyl groups is 1. The van der Waals surface area contributed by atoms with Crippen LogP contribution in [-0.4, -0.2) is 97.0 Å². The van der Waals surface area contributed by atoms with Crippen LogP contribution in [0.1, 0.15) is 24.4 Å². The van der Waals surface area contributed by atoms with E-state index in [2.05, 4.69) is 23.5 Å². The molecular weight excluding hydrogens is 548 g/mol. The van der Waals surface area contributed by atoms with Gasteiger partial charge in [-0.1, -0.05) is 59.8 Å². The van der Waals surface area contributed by atoms with E-state index in [-0.39, 0.29) is 30.9 Å². The molecule has 0 radical (unpaired) electrons. The molecule has 3 amide bonds. The lowest BCUT2D eigenvalue weighted by molar-refractivity contribution is -0.153. The van der Waals surface area contributed by atoms with E-state index in [9.17, 15) is 19.5 Å². The molecule has 3 aromatic rings. The van der Waals surface area contributed by atoms with Gasteiger partial charge in [-0.2, -0.15) is 0 Å². The molecule has 2 unspecified atom stereocenters. The minimum Gasteiger partial charge on any atom is -0.394 e. The lowest BCUT2D eigenvalue weighted by Crippen LogP contribution is -2.57. The number of aliphatic hydroxyl groups excluding tert-OH is 1. The molecule has 0 saturated carbocycles. The number of fused-ring (bicyclic) bond motifs is 2. The van der Waals surface area contributed by atoms with E-state index in [0.717, 1.165) is 5.52 Å². The Balaban J connectivity index is 1.44. The largest absolute Gasteiger partial charge is 0.394 e. The second-order valence-corrected chi connectivity index (χ2v) is 11.5. The predicted molar refractivity (Wildman–Crippen MR) is 158 cm³/mol. The maximum Gasteiger partial charge on any atom is 0.250 e. The van der Waals surface area contributed by atoms with Gasteiger partial charge < -0.3 is 24.5 Å². The van der Waals surface area contributed by atoms with Crippen LogP contribution in [0.5, 0.6) is 0 Å². The zero-order chi connectivity index (χ0) is 30.3. The summed E-state index contributed by atoms with van der Waals surface area (Å²) >= 11 is 0. The first-order valence-corrected chi connectivity index (χ1v) is 14.6. The topological polar surface area (TPSA) is 121 Å². The smallest absolute Gasteiger partial charge is 0.250 e. The Bertz CT molecular complexity index is 1560. The fraction of sp³-hybridized carbons (Fsp3) is 0.406. The highest BCUT2D eigenvalue weighted by Gasteiger charge is 2.75. The summed E-state index contributed by atoms with van der Waals surface area (Å²) in [5, 5.41) is 19.2. The van der Waals surface area contributed by atoms with E-state index in [0.29, 0.717) is 30.5 Å². The molecule has 3 saturated heterocycles. The van der Waals surface area contributed by atoms with Crippen LogP contribution < -0.4 is 0 Å². The summed E-state index contributed by atoms with van der Waals surface area (Å²) < 4.78 is 8.26. The fourth-order valence-corrected chi connectivity index (χ4v) is 7.28. The predicted octanol–water partition coefficient (Wildman–Crippen LogP) is 2.16. The van der Waals surface area contributed by atoms with Crippen molar-refractivity contribution in [2.75, 3.05) is 26.7 Å². The van der Waals surface area contributed by atoms with E-state index < -0.39 is 42.2 Å². The summed E-state index contributed by atoms with van der Waals surface area (Å²) in [7, 11) is 1.68. The Kier molecular flexibility index (Phi) is 7.61. The molecule has 11 nitrogen and oxygen atoms in total. The first kappa shape index (κ1) is 28.8. The van der Waals surface area contributed by atoms with Crippen LogP contribution in [0.2, 0.25) is 0 Å². The third-order valence-electron chi connectivity index (χ3n) is 9.12. The molecule has 3 aliphatic heterocycles. The number of carbonyl (C=O) groups excluding carboxylic acids is 3. The summed E-state index contributed by atoms with van der Waals surface area (Å²) in [6, 6.07) is 14.7. The van der Waals surface area contributed by atoms with Crippen molar-refractivity contribution in [3.05, 3.63) is 85.5 Å². The van der Waals surface area contributed by atoms with Crippen LogP contribution in [0.15, 0.2) is 79.9 Å². The van der Waals surface area contributed by atoms with Crippen molar-refractivity contribution in [2.45, 2.75) is 43.3 Å². The third-order valence-corrected chi connectivity index (χ3v) is 9.12. The molecule has 3 aliphatic rings. The molecule has 6 atom stereocenters. The van der Waals surface area contributed by atoms with Crippen LogP contribution >= 0.6 is 0 Å². The van der Waals surface area contributed by atoms with Gasteiger partial charge in [0.15, 0.2) is 0 Å². The molecule has 43 heavy (non-hydrogen) atoms. The van der Waals surface area contributed by atoms with Gasteiger partial charge in [-0.25, -0.2) is 4.68 Å². The van der Waals surface area contributed by atoms with Gasteiger partial charge in [0.05, 0.1) is 36.1 Å². The van der Waals surface area contributed by atoms with Gasteiger partial charge in [0.1, 0.15) is 23.8 Å². The number of carbonyl (C=O) groups is 3. The molecule has 11 heteroatoms. The van der Waals surface area contributed by atoms with E-state index in [4.69, 9.17) is 4.74 Å². The number of para-hydroxylation sites is 1. The standard InChI is InChI=1S/C32H36N6O5/c1-4-17-35(3)29(40)26-25-15-16-32(43-25)27(26)30(41)38(24(19-39)21-11-7-6-8-12-21)28(32)31(42)36(18-5-2)20-37-23-14-10-9-13-22(23)33-34-37/h4-14,24-28,39H,1-2,15-20H2,3H3/t24-,25-,26+,27+,28?,32?/m1/s1. The SMILES string of the molecule is C=CCN(C)C(=O)[C@@H]1[C@H]2C(=O)N([C@H](CO)c3ccccc3)C(C(=O)N(CC=C)Cn3nnc4ccccc43)C23CC[C@H]1O3. The van der Waals surface area contributed by atoms with Crippen molar-refractivity contribution in [3.63, 3.8) is 0 Å². The van der Waals surface area contributed by atoms with E-state index in [1.165, 1.54) is 4.90 Å². The second-order valence-electron chi connectivity index (χ2n) is 11.5. The Morgan fingerprint density at radius 2 is 1.84 bits per heavy atom. The van der Waals surface area contributed by atoms with Gasteiger partial charge in [0, 0.05) is 20.1 Å². The molecule has 224 valence electrons. The average molecular weight is 585 g/mol. The molecule has 6 rings (SSSR count). The highest BCUT2D eigenvalue weighted by atomic mass is 16.5. The number of aromatic nitrogens is 3. The van der Waals surface area contributed by atoms with Crippen molar-refractivity contribution >= 4 is 28.8 Å². The average Bonchev–Trinajstić information content (AvgIpc) is 3.77. The number of likely N-dealkylation sites (tertiary alicyclic amines) is 1. The zero-order valence-corrected chi connectivity index (χ0v) is 24.2. The summed E-state index contributed by atoms with van der Waals surface area (Å²) in [5.41, 5.74) is 0.912. The van der Waals surface area contributed by atoms with Crippen LogP contribution in [0, 0.1) is 11.8 Å². The fourth-order valence-electron chi connectivity index (χ4n) is 7.28. The van der Waals surface area contributed by atoms with Gasteiger partial charge in [-0.15, -0.1) is 18.3 Å². The number of hydrogen-bond donors (Lipinski definition) is 1. The van der Waals surface area contributed by atoms with Gasteiger partial charge in [0.25, 0.3) is 0 Å². The van der Waals surface area contributed by atoms with E-state index >= 15 is 0 Å². The normalized spacial score (nSPS) is 26.4. The monoisotopic (exact) mass is 584 g/mol. The summed E-state index contributed by atoms with van der Waals surface area (Å²) in [5.74, 6) is -2.55. The summed E-state index contributed by atoms with van der Waals surface area (Å²) in [6.45, 7) is 7.77. The molecule has 0 aliphatic carbocycles.